The van der Waals surface area contributed by atoms with Crippen molar-refractivity contribution < 1.29 is 8.78 Å². The van der Waals surface area contributed by atoms with Crippen LogP contribution in [0.4, 0.5) is 8.78 Å². The second-order valence-corrected chi connectivity index (χ2v) is 3.73. The van der Waals surface area contributed by atoms with E-state index < -0.39 is 5.92 Å². The monoisotopic (exact) mass is 188 g/mol. The lowest BCUT2D eigenvalue weighted by Gasteiger charge is -2.13. The number of nitriles is 1. The number of nitrogens with zero attached hydrogens (tertiary/aromatic N) is 1. The van der Waals surface area contributed by atoms with Crippen molar-refractivity contribution in [3.63, 3.8) is 0 Å². The van der Waals surface area contributed by atoms with E-state index in [1.807, 2.05) is 0 Å². The second kappa shape index (κ2) is 4.01. The van der Waals surface area contributed by atoms with Crippen LogP contribution in [0, 0.1) is 17.2 Å². The maximum absolute atomic E-state index is 12.7. The number of hydrogen-bond acceptors (Lipinski definition) is 2. The quantitative estimate of drug-likeness (QED) is 0.734. The highest BCUT2D eigenvalue weighted by Gasteiger charge is 2.39. The molecule has 0 aliphatic heterocycles. The third-order valence-electron chi connectivity index (χ3n) is 2.34. The van der Waals surface area contributed by atoms with Crippen molar-refractivity contribution in [2.45, 2.75) is 38.2 Å². The SMILES string of the molecule is CC(C#N)CNC1CCC(F)(F)C1. The van der Waals surface area contributed by atoms with Gasteiger partial charge in [0.15, 0.2) is 0 Å². The summed E-state index contributed by atoms with van der Waals surface area (Å²) < 4.78 is 25.4. The van der Waals surface area contributed by atoms with Crippen molar-refractivity contribution >= 4 is 0 Å². The van der Waals surface area contributed by atoms with Crippen LogP contribution < -0.4 is 5.32 Å². The van der Waals surface area contributed by atoms with Crippen LogP contribution in [0.25, 0.3) is 0 Å². The van der Waals surface area contributed by atoms with Crippen molar-refractivity contribution in [1.82, 2.24) is 5.32 Å². The standard InChI is InChI=1S/C9H14F2N2/c1-7(5-12)6-13-8-2-3-9(10,11)4-8/h7-8,13H,2-4,6H2,1H3. The molecule has 1 rings (SSSR count). The normalized spacial score (nSPS) is 28.3. The molecule has 13 heavy (non-hydrogen) atoms. The Balaban J connectivity index is 2.22. The molecule has 2 atom stereocenters. The fraction of sp³-hybridized carbons (Fsp3) is 0.889. The highest BCUT2D eigenvalue weighted by atomic mass is 19.3. The van der Waals surface area contributed by atoms with E-state index in [1.54, 1.807) is 6.92 Å². The summed E-state index contributed by atoms with van der Waals surface area (Å²) in [5.41, 5.74) is 0. The Labute approximate surface area is 76.9 Å². The largest absolute Gasteiger partial charge is 0.312 e. The summed E-state index contributed by atoms with van der Waals surface area (Å²) in [6, 6.07) is 1.95. The molecule has 1 aliphatic carbocycles. The molecule has 2 unspecified atom stereocenters. The summed E-state index contributed by atoms with van der Waals surface area (Å²) in [6.45, 7) is 2.29. The number of rotatable bonds is 3. The van der Waals surface area contributed by atoms with Gasteiger partial charge in [-0.2, -0.15) is 5.26 Å². The van der Waals surface area contributed by atoms with Gasteiger partial charge in [0, 0.05) is 25.4 Å². The third kappa shape index (κ3) is 3.27. The van der Waals surface area contributed by atoms with Crippen molar-refractivity contribution in [2.24, 2.45) is 5.92 Å². The van der Waals surface area contributed by atoms with E-state index in [-0.39, 0.29) is 24.8 Å². The lowest BCUT2D eigenvalue weighted by Crippen LogP contribution is -2.31. The van der Waals surface area contributed by atoms with Crippen LogP contribution >= 0.6 is 0 Å². The predicted octanol–water partition coefficient (Wildman–Crippen LogP) is 1.92. The van der Waals surface area contributed by atoms with E-state index in [2.05, 4.69) is 11.4 Å². The van der Waals surface area contributed by atoms with Gasteiger partial charge in [0.25, 0.3) is 0 Å². The zero-order valence-corrected chi connectivity index (χ0v) is 7.69. The average Bonchev–Trinajstić information content (AvgIpc) is 2.41. The van der Waals surface area contributed by atoms with E-state index >= 15 is 0 Å². The van der Waals surface area contributed by atoms with Crippen LogP contribution in [0.5, 0.6) is 0 Å². The predicted molar refractivity (Wildman–Crippen MR) is 45.4 cm³/mol. The number of nitrogens with one attached hydrogen (secondary N) is 1. The molecule has 74 valence electrons. The van der Waals surface area contributed by atoms with E-state index in [0.29, 0.717) is 13.0 Å². The minimum Gasteiger partial charge on any atom is -0.312 e. The van der Waals surface area contributed by atoms with E-state index in [9.17, 15) is 8.78 Å². The zero-order valence-electron chi connectivity index (χ0n) is 7.69. The third-order valence-corrected chi connectivity index (χ3v) is 2.34. The van der Waals surface area contributed by atoms with Crippen LogP contribution in [-0.2, 0) is 0 Å². The summed E-state index contributed by atoms with van der Waals surface area (Å²) in [4.78, 5) is 0. The van der Waals surface area contributed by atoms with Gasteiger partial charge in [-0.25, -0.2) is 8.78 Å². The topological polar surface area (TPSA) is 35.8 Å². The van der Waals surface area contributed by atoms with Gasteiger partial charge in [0.2, 0.25) is 5.92 Å². The molecule has 0 amide bonds. The van der Waals surface area contributed by atoms with Gasteiger partial charge in [0.1, 0.15) is 0 Å². The van der Waals surface area contributed by atoms with E-state index in [4.69, 9.17) is 5.26 Å². The molecule has 2 nitrogen and oxygen atoms in total. The Kier molecular flexibility index (Phi) is 3.21. The highest BCUT2D eigenvalue weighted by Crippen LogP contribution is 2.34. The summed E-state index contributed by atoms with van der Waals surface area (Å²) in [7, 11) is 0. The van der Waals surface area contributed by atoms with Crippen molar-refractivity contribution in [1.29, 1.82) is 5.26 Å². The molecule has 0 aromatic heterocycles. The number of hydrogen-bond donors (Lipinski definition) is 1. The summed E-state index contributed by atoms with van der Waals surface area (Å²) in [5, 5.41) is 11.5. The van der Waals surface area contributed by atoms with Gasteiger partial charge in [-0.15, -0.1) is 0 Å². The first kappa shape index (κ1) is 10.4. The fourth-order valence-corrected chi connectivity index (χ4v) is 1.51. The molecule has 0 aromatic carbocycles. The summed E-state index contributed by atoms with van der Waals surface area (Å²) in [6.07, 6.45) is 0.419. The number of halogens is 2. The first-order chi connectivity index (χ1) is 6.03. The molecular formula is C9H14F2N2. The van der Waals surface area contributed by atoms with Crippen LogP contribution in [0.3, 0.4) is 0 Å². The highest BCUT2D eigenvalue weighted by molar-refractivity contribution is 4.88. The molecular weight excluding hydrogens is 174 g/mol. The van der Waals surface area contributed by atoms with Gasteiger partial charge in [-0.05, 0) is 13.3 Å². The molecule has 0 radical (unpaired) electrons. The average molecular weight is 188 g/mol. The molecule has 0 saturated heterocycles. The maximum Gasteiger partial charge on any atom is 0.249 e. The molecule has 0 bridgehead atoms. The smallest absolute Gasteiger partial charge is 0.249 e. The maximum atomic E-state index is 12.7. The van der Waals surface area contributed by atoms with Crippen LogP contribution in [0.1, 0.15) is 26.2 Å². The minimum absolute atomic E-state index is 0.0222. The Hall–Kier alpha value is -0.690. The second-order valence-electron chi connectivity index (χ2n) is 3.73. The minimum atomic E-state index is -2.49. The first-order valence-electron chi connectivity index (χ1n) is 4.54. The Morgan fingerprint density at radius 2 is 2.38 bits per heavy atom. The summed E-state index contributed by atoms with van der Waals surface area (Å²) in [5.74, 6) is -2.60. The molecule has 1 N–H and O–H groups in total. The summed E-state index contributed by atoms with van der Waals surface area (Å²) >= 11 is 0. The van der Waals surface area contributed by atoms with Crippen molar-refractivity contribution in [3.05, 3.63) is 0 Å². The van der Waals surface area contributed by atoms with Gasteiger partial charge in [-0.3, -0.25) is 0 Å². The Bertz CT molecular complexity index is 210. The van der Waals surface area contributed by atoms with Gasteiger partial charge >= 0.3 is 0 Å². The van der Waals surface area contributed by atoms with Crippen LogP contribution in [0.15, 0.2) is 0 Å². The molecule has 0 heterocycles. The van der Waals surface area contributed by atoms with Gasteiger partial charge < -0.3 is 5.32 Å². The van der Waals surface area contributed by atoms with E-state index in [1.165, 1.54) is 0 Å². The Morgan fingerprint density at radius 1 is 1.69 bits per heavy atom. The Morgan fingerprint density at radius 3 is 2.85 bits per heavy atom. The molecule has 1 fully saturated rings. The van der Waals surface area contributed by atoms with Crippen LogP contribution in [-0.4, -0.2) is 18.5 Å². The van der Waals surface area contributed by atoms with E-state index in [0.717, 1.165) is 0 Å². The lowest BCUT2D eigenvalue weighted by atomic mass is 10.2. The molecule has 1 aliphatic rings. The number of alkyl halides is 2. The van der Waals surface area contributed by atoms with Crippen molar-refractivity contribution in [2.75, 3.05) is 6.54 Å². The first-order valence-corrected chi connectivity index (χ1v) is 4.54. The molecule has 4 heteroatoms. The lowest BCUT2D eigenvalue weighted by molar-refractivity contribution is 0.00689. The zero-order chi connectivity index (χ0) is 9.90. The molecule has 0 aromatic rings. The van der Waals surface area contributed by atoms with Crippen molar-refractivity contribution in [3.8, 4) is 6.07 Å². The van der Waals surface area contributed by atoms with Gasteiger partial charge in [0.05, 0.1) is 12.0 Å². The van der Waals surface area contributed by atoms with Crippen LogP contribution in [0.2, 0.25) is 0 Å². The molecule has 0 spiro atoms. The molecule has 1 saturated carbocycles. The fourth-order valence-electron chi connectivity index (χ4n) is 1.51. The van der Waals surface area contributed by atoms with Gasteiger partial charge in [-0.1, -0.05) is 0 Å².